The first-order chi connectivity index (χ1) is 11.1. The van der Waals surface area contributed by atoms with Gasteiger partial charge in [-0.15, -0.1) is 0 Å². The Labute approximate surface area is 136 Å². The molecule has 0 bridgehead atoms. The number of aliphatic hydroxyl groups excluding tert-OH is 1. The van der Waals surface area contributed by atoms with Crippen molar-refractivity contribution in [2.24, 2.45) is 0 Å². The van der Waals surface area contributed by atoms with Crippen molar-refractivity contribution in [1.82, 2.24) is 10.2 Å². The molecule has 2 heterocycles. The van der Waals surface area contributed by atoms with Crippen molar-refractivity contribution in [2.75, 3.05) is 26.3 Å². The number of carbonyl (C=O) groups excluding carboxylic acids is 1. The van der Waals surface area contributed by atoms with Gasteiger partial charge in [-0.25, -0.2) is 0 Å². The van der Waals surface area contributed by atoms with Gasteiger partial charge in [0.2, 0.25) is 0 Å². The highest BCUT2D eigenvalue weighted by atomic mass is 16.5. The molecule has 1 amide bonds. The SMILES string of the molecule is Cc1cc(O)ccc1C(=O)N[C@H]1C[C@H]2CO[C@@H](CCO)CN2C1. The van der Waals surface area contributed by atoms with Crippen molar-refractivity contribution >= 4 is 5.91 Å². The molecule has 0 spiro atoms. The summed E-state index contributed by atoms with van der Waals surface area (Å²) in [4.78, 5) is 14.8. The third-order valence-corrected chi connectivity index (χ3v) is 4.73. The van der Waals surface area contributed by atoms with Crippen LogP contribution in [0.5, 0.6) is 5.75 Å². The maximum atomic E-state index is 12.4. The predicted molar refractivity (Wildman–Crippen MR) is 85.5 cm³/mol. The van der Waals surface area contributed by atoms with Gasteiger partial charge in [0.1, 0.15) is 5.75 Å². The molecule has 2 aliphatic heterocycles. The van der Waals surface area contributed by atoms with Crippen LogP contribution in [0.4, 0.5) is 0 Å². The van der Waals surface area contributed by atoms with Crippen molar-refractivity contribution in [3.63, 3.8) is 0 Å². The molecular weight excluding hydrogens is 296 g/mol. The number of ether oxygens (including phenoxy) is 1. The van der Waals surface area contributed by atoms with Gasteiger partial charge in [-0.1, -0.05) is 0 Å². The largest absolute Gasteiger partial charge is 0.508 e. The first-order valence-corrected chi connectivity index (χ1v) is 8.14. The normalized spacial score (nSPS) is 27.7. The maximum Gasteiger partial charge on any atom is 0.251 e. The molecule has 2 aliphatic rings. The molecule has 0 aliphatic carbocycles. The van der Waals surface area contributed by atoms with Crippen LogP contribution in [-0.4, -0.2) is 65.5 Å². The Morgan fingerprint density at radius 2 is 2.26 bits per heavy atom. The van der Waals surface area contributed by atoms with Crippen LogP contribution in [-0.2, 0) is 4.74 Å². The fraction of sp³-hybridized carbons (Fsp3) is 0.588. The van der Waals surface area contributed by atoms with E-state index in [2.05, 4.69) is 10.2 Å². The molecule has 23 heavy (non-hydrogen) atoms. The average Bonchev–Trinajstić information content (AvgIpc) is 2.88. The number of amides is 1. The van der Waals surface area contributed by atoms with Crippen molar-refractivity contribution in [3.8, 4) is 5.75 Å². The lowest BCUT2D eigenvalue weighted by atomic mass is 10.1. The standard InChI is InChI=1S/C17H24N2O4/c1-11-6-14(21)2-3-16(11)17(22)18-12-7-13-10-23-15(4-5-20)9-19(13)8-12/h2-3,6,12-13,15,20-21H,4-5,7-10H2,1H3,(H,18,22)/t12-,13-,15-/m0/s1. The van der Waals surface area contributed by atoms with E-state index in [9.17, 15) is 9.90 Å². The lowest BCUT2D eigenvalue weighted by molar-refractivity contribution is -0.0566. The molecule has 2 fully saturated rings. The van der Waals surface area contributed by atoms with Crippen LogP contribution in [0, 0.1) is 6.92 Å². The van der Waals surface area contributed by atoms with Crippen molar-refractivity contribution in [3.05, 3.63) is 29.3 Å². The third-order valence-electron chi connectivity index (χ3n) is 4.73. The summed E-state index contributed by atoms with van der Waals surface area (Å²) >= 11 is 0. The number of aliphatic hydroxyl groups is 1. The molecule has 3 N–H and O–H groups in total. The molecular formula is C17H24N2O4. The van der Waals surface area contributed by atoms with Crippen LogP contribution in [0.3, 0.4) is 0 Å². The Bertz CT molecular complexity index is 578. The van der Waals surface area contributed by atoms with Crippen LogP contribution >= 0.6 is 0 Å². The van der Waals surface area contributed by atoms with Gasteiger partial charge in [-0.2, -0.15) is 0 Å². The second-order valence-corrected chi connectivity index (χ2v) is 6.48. The molecule has 3 atom stereocenters. The van der Waals surface area contributed by atoms with E-state index in [1.807, 2.05) is 6.92 Å². The van der Waals surface area contributed by atoms with Gasteiger partial charge >= 0.3 is 0 Å². The molecule has 0 unspecified atom stereocenters. The molecule has 6 nitrogen and oxygen atoms in total. The fourth-order valence-electron chi connectivity index (χ4n) is 3.53. The molecule has 3 rings (SSSR count). The van der Waals surface area contributed by atoms with E-state index in [4.69, 9.17) is 9.84 Å². The number of rotatable bonds is 4. The molecule has 1 aromatic carbocycles. The smallest absolute Gasteiger partial charge is 0.251 e. The lowest BCUT2D eigenvalue weighted by Gasteiger charge is -2.34. The minimum Gasteiger partial charge on any atom is -0.508 e. The van der Waals surface area contributed by atoms with E-state index >= 15 is 0 Å². The highest BCUT2D eigenvalue weighted by molar-refractivity contribution is 5.96. The molecule has 2 saturated heterocycles. The zero-order valence-corrected chi connectivity index (χ0v) is 13.4. The Balaban J connectivity index is 1.58. The van der Waals surface area contributed by atoms with Gasteiger partial charge in [-0.3, -0.25) is 9.69 Å². The van der Waals surface area contributed by atoms with Crippen LogP contribution in [0.2, 0.25) is 0 Å². The summed E-state index contributed by atoms with van der Waals surface area (Å²) in [5, 5.41) is 21.6. The fourth-order valence-corrected chi connectivity index (χ4v) is 3.53. The van der Waals surface area contributed by atoms with Crippen molar-refractivity contribution in [1.29, 1.82) is 0 Å². The summed E-state index contributed by atoms with van der Waals surface area (Å²) in [6.07, 6.45) is 1.63. The van der Waals surface area contributed by atoms with Gasteiger partial charge in [0, 0.05) is 37.3 Å². The van der Waals surface area contributed by atoms with Gasteiger partial charge in [0.15, 0.2) is 0 Å². The van der Waals surface area contributed by atoms with Crippen LogP contribution in [0.25, 0.3) is 0 Å². The van der Waals surface area contributed by atoms with Crippen molar-refractivity contribution < 1.29 is 19.7 Å². The minimum absolute atomic E-state index is 0.0880. The highest BCUT2D eigenvalue weighted by Crippen LogP contribution is 2.25. The first-order valence-electron chi connectivity index (χ1n) is 8.14. The zero-order chi connectivity index (χ0) is 16.4. The number of morpholine rings is 1. The molecule has 0 radical (unpaired) electrons. The third kappa shape index (κ3) is 3.65. The van der Waals surface area contributed by atoms with E-state index in [-0.39, 0.29) is 30.4 Å². The van der Waals surface area contributed by atoms with Gasteiger partial charge in [-0.05, 0) is 43.5 Å². The Morgan fingerprint density at radius 1 is 1.43 bits per heavy atom. The number of carbonyl (C=O) groups is 1. The van der Waals surface area contributed by atoms with E-state index in [1.165, 1.54) is 6.07 Å². The second kappa shape index (κ2) is 6.86. The van der Waals surface area contributed by atoms with Crippen LogP contribution in [0.15, 0.2) is 18.2 Å². The Kier molecular flexibility index (Phi) is 4.84. The monoisotopic (exact) mass is 320 g/mol. The summed E-state index contributed by atoms with van der Waals surface area (Å²) in [5.74, 6) is 0.0734. The maximum absolute atomic E-state index is 12.4. The number of phenolic OH excluding ortho intramolecular Hbond substituents is 1. The van der Waals surface area contributed by atoms with Crippen LogP contribution < -0.4 is 5.32 Å². The summed E-state index contributed by atoms with van der Waals surface area (Å²) in [6, 6.07) is 5.24. The average molecular weight is 320 g/mol. The van der Waals surface area contributed by atoms with E-state index in [1.54, 1.807) is 12.1 Å². The summed E-state index contributed by atoms with van der Waals surface area (Å²) < 4.78 is 5.76. The minimum atomic E-state index is -0.0971. The number of phenols is 1. The molecule has 126 valence electrons. The molecule has 1 aromatic rings. The van der Waals surface area contributed by atoms with Gasteiger partial charge < -0.3 is 20.3 Å². The number of nitrogens with one attached hydrogen (secondary N) is 1. The first kappa shape index (κ1) is 16.2. The number of hydrogen-bond donors (Lipinski definition) is 3. The number of fused-ring (bicyclic) bond motifs is 1. The van der Waals surface area contributed by atoms with E-state index in [0.717, 1.165) is 25.1 Å². The van der Waals surface area contributed by atoms with Crippen molar-refractivity contribution in [2.45, 2.75) is 38.0 Å². The van der Waals surface area contributed by atoms with Crippen LogP contribution in [0.1, 0.15) is 28.8 Å². The summed E-state index contributed by atoms with van der Waals surface area (Å²) in [5.41, 5.74) is 1.37. The molecule has 0 aromatic heterocycles. The van der Waals surface area contributed by atoms with E-state index < -0.39 is 0 Å². The highest BCUT2D eigenvalue weighted by Gasteiger charge is 2.37. The second-order valence-electron chi connectivity index (χ2n) is 6.48. The Hall–Kier alpha value is -1.63. The number of benzene rings is 1. The molecule has 6 heteroatoms. The van der Waals surface area contributed by atoms with E-state index in [0.29, 0.717) is 24.6 Å². The number of aromatic hydroxyl groups is 1. The van der Waals surface area contributed by atoms with Gasteiger partial charge in [0.05, 0.1) is 12.7 Å². The summed E-state index contributed by atoms with van der Waals surface area (Å²) in [6.45, 7) is 4.26. The quantitative estimate of drug-likeness (QED) is 0.759. The topological polar surface area (TPSA) is 82.0 Å². The molecule has 0 saturated carbocycles. The lowest BCUT2D eigenvalue weighted by Crippen LogP contribution is -2.46. The summed E-state index contributed by atoms with van der Waals surface area (Å²) in [7, 11) is 0. The van der Waals surface area contributed by atoms with Gasteiger partial charge in [0.25, 0.3) is 5.91 Å². The predicted octanol–water partition coefficient (Wildman–Crippen LogP) is 0.655. The Morgan fingerprint density at radius 3 is 3.00 bits per heavy atom. The number of nitrogens with zero attached hydrogens (tertiary/aromatic N) is 1. The number of aryl methyl sites for hydroxylation is 1. The zero-order valence-electron chi connectivity index (χ0n) is 13.4. The number of hydrogen-bond acceptors (Lipinski definition) is 5.